The fourth-order valence-corrected chi connectivity index (χ4v) is 33.6. The van der Waals surface area contributed by atoms with Gasteiger partial charge in [-0.1, -0.05) is 83.5 Å². The topological polar surface area (TPSA) is 272 Å². The number of piperidine rings is 6. The van der Waals surface area contributed by atoms with Crippen LogP contribution >= 0.6 is 138 Å². The van der Waals surface area contributed by atoms with E-state index in [9.17, 15) is 4.79 Å². The summed E-state index contributed by atoms with van der Waals surface area (Å²) in [5.41, 5.74) is 15.6. The molecular weight excluding hydrogens is 2010 g/mol. The number of hydrogen-bond donors (Lipinski definition) is 8. The summed E-state index contributed by atoms with van der Waals surface area (Å²) in [5, 5.41) is 26.6. The minimum Gasteiger partial charge on any atom is -0.478 e. The summed E-state index contributed by atoms with van der Waals surface area (Å²) in [6.45, 7) is 30.1. The Balaban J connectivity index is 0.000000103. The van der Waals surface area contributed by atoms with E-state index < -0.39 is 0 Å². The Bertz CT molecular complexity index is 6390. The zero-order chi connectivity index (χ0) is 97.5. The van der Waals surface area contributed by atoms with Crippen LogP contribution in [0.1, 0.15) is 297 Å². The van der Waals surface area contributed by atoms with Crippen molar-refractivity contribution in [3.63, 3.8) is 0 Å². The normalized spacial score (nSPS) is 31.2. The van der Waals surface area contributed by atoms with Crippen molar-refractivity contribution in [2.24, 2.45) is 12.0 Å². The molecule has 6 spiro atoms. The van der Waals surface area contributed by atoms with Crippen LogP contribution in [0.5, 0.6) is 5.88 Å². The molecule has 0 amide bonds. The van der Waals surface area contributed by atoms with Crippen molar-refractivity contribution in [1.82, 2.24) is 76.2 Å². The first-order valence-corrected chi connectivity index (χ1v) is 57.0. The number of hydrogen-bond acceptors (Lipinski definition) is 26. The molecule has 0 aliphatic carbocycles. The van der Waals surface area contributed by atoms with Gasteiger partial charge in [0.2, 0.25) is 5.88 Å². The van der Waals surface area contributed by atoms with Gasteiger partial charge < -0.3 is 79.6 Å². The number of fused-ring (bicyclic) bond motifs is 13. The summed E-state index contributed by atoms with van der Waals surface area (Å²) in [4.78, 5) is 49.5. The van der Waals surface area contributed by atoms with E-state index in [2.05, 4.69) is 176 Å². The van der Waals surface area contributed by atoms with Crippen LogP contribution in [-0.2, 0) is 114 Å². The lowest BCUT2D eigenvalue weighted by molar-refractivity contribution is -0.0962. The van der Waals surface area contributed by atoms with Crippen LogP contribution in [0.25, 0.3) is 0 Å². The average Bonchev–Trinajstić information content (AvgIpc) is 1.57. The Morgan fingerprint density at radius 1 is 0.457 bits per heavy atom. The number of aliphatic imine (C=N–C) groups is 1. The van der Waals surface area contributed by atoms with Crippen LogP contribution in [-0.4, -0.2) is 139 Å². The molecule has 11 aromatic rings. The van der Waals surface area contributed by atoms with Gasteiger partial charge in [0.25, 0.3) is 0 Å². The average molecular weight is 2140 g/mol. The molecule has 18 atom stereocenters. The van der Waals surface area contributed by atoms with Crippen molar-refractivity contribution < 1.29 is 33.2 Å². The van der Waals surface area contributed by atoms with Crippen molar-refractivity contribution in [2.45, 2.75) is 323 Å². The van der Waals surface area contributed by atoms with Gasteiger partial charge >= 0.3 is 0 Å². The van der Waals surface area contributed by atoms with E-state index >= 15 is 0 Å². The third-order valence-electron chi connectivity index (χ3n) is 30.5. The lowest BCUT2D eigenvalue weighted by Crippen LogP contribution is -2.53. The molecule has 750 valence electrons. The zero-order valence-corrected chi connectivity index (χ0v) is 91.0. The number of thiophene rings is 6. The number of rotatable bonds is 7. The summed E-state index contributed by atoms with van der Waals surface area (Å²) in [7, 11) is 2.04. The highest BCUT2D eigenvalue weighted by atomic mass is 35.5. The van der Waals surface area contributed by atoms with Crippen LogP contribution in [0.15, 0.2) is 107 Å². The number of aromatic amines is 2. The fraction of sp³-hybridized carbons (Fsp3) is 0.567. The largest absolute Gasteiger partial charge is 0.478 e. The molecule has 25 heterocycles. The first kappa shape index (κ1) is 102. The minimum atomic E-state index is -0.330. The SMILES string of the molecule is CC1=C(C2CC3(CC(C)N2)OCCc2cc(Cl)sc23)CC=N1.CC1CC2(CC(c3c[nH]ccc3=O)N1)OCCc1cc(Cl)sc12.CC1CC2(CC(c3cnn4c3OCCC4)N1)OCCc1cc(Cl)sc12.CC1CC2(CC(c3ncc(C(C)C)[nH]3)N1)OCCc1cc(Cl)sc12.Cc1nc(C2CC3(CC(C)N2)OCCc2cc(Cl)sc23)cn1C.Cc1nccnc1C1CC2(CC(C)N1)OCCc1cc(Cl)sc12. The predicted octanol–water partition coefficient (Wildman–Crippen LogP) is 23.1. The van der Waals surface area contributed by atoms with Crippen molar-refractivity contribution in [3.05, 3.63) is 242 Å². The maximum Gasteiger partial charge on any atom is 0.216 e. The number of aromatic nitrogens is 9. The highest BCUT2D eigenvalue weighted by Crippen LogP contribution is 2.58. The maximum atomic E-state index is 12.2. The Labute approximate surface area is 874 Å². The molecular formula is C104H128Cl6N16O8S6. The monoisotopic (exact) mass is 2130 g/mol. The molecule has 8 N–H and O–H groups in total. The van der Waals surface area contributed by atoms with Gasteiger partial charge in [-0.3, -0.25) is 19.8 Å². The Morgan fingerprint density at radius 3 is 1.24 bits per heavy atom. The van der Waals surface area contributed by atoms with Crippen LogP contribution in [0.2, 0.25) is 26.0 Å². The van der Waals surface area contributed by atoms with E-state index in [-0.39, 0.29) is 75.3 Å². The second-order valence-corrected chi connectivity index (χ2v) is 51.4. The van der Waals surface area contributed by atoms with Crippen LogP contribution < -0.4 is 42.1 Å². The zero-order valence-electron chi connectivity index (χ0n) is 81.5. The van der Waals surface area contributed by atoms with E-state index in [0.29, 0.717) is 48.8 Å². The molecule has 25 rings (SSSR count). The smallest absolute Gasteiger partial charge is 0.216 e. The number of halogens is 6. The number of ether oxygens (including phenoxy) is 7. The summed E-state index contributed by atoms with van der Waals surface area (Å²) in [5.74, 6) is 3.43. The van der Waals surface area contributed by atoms with E-state index in [1.807, 2.05) is 44.2 Å². The van der Waals surface area contributed by atoms with Gasteiger partial charge in [-0.15, -0.1) is 68.0 Å². The first-order valence-electron chi connectivity index (χ1n) is 49.8. The fourth-order valence-electron chi connectivity index (χ4n) is 24.8. The molecule has 11 aromatic heterocycles. The summed E-state index contributed by atoms with van der Waals surface area (Å²) in [6.07, 6.45) is 33.9. The number of aryl methyl sites for hydroxylation is 4. The number of allylic oxidation sites excluding steroid dienone is 1. The molecule has 140 heavy (non-hydrogen) atoms. The van der Waals surface area contributed by atoms with Gasteiger partial charge in [-0.25, -0.2) is 14.6 Å². The van der Waals surface area contributed by atoms with Crippen molar-refractivity contribution in [1.29, 1.82) is 0 Å². The molecule has 6 fully saturated rings. The number of pyridine rings is 1. The van der Waals surface area contributed by atoms with Gasteiger partial charge in [0.15, 0.2) is 5.43 Å². The van der Waals surface area contributed by atoms with Gasteiger partial charge in [0.05, 0.1) is 119 Å². The number of nitrogens with one attached hydrogen (secondary N) is 8. The second kappa shape index (κ2) is 42.2. The van der Waals surface area contributed by atoms with Gasteiger partial charge in [-0.05, 0) is 221 Å². The van der Waals surface area contributed by atoms with E-state index in [1.54, 1.807) is 98.9 Å². The number of imidazole rings is 2. The number of nitrogens with zero attached hydrogens (tertiary/aromatic N) is 8. The second-order valence-electron chi connectivity index (χ2n) is 41.3. The molecule has 18 unspecified atom stereocenters. The van der Waals surface area contributed by atoms with Gasteiger partial charge in [-0.2, -0.15) is 5.10 Å². The van der Waals surface area contributed by atoms with Gasteiger partial charge in [0, 0.05) is 215 Å². The minimum absolute atomic E-state index is 0.0180. The molecule has 0 saturated carbocycles. The Morgan fingerprint density at radius 2 is 0.843 bits per heavy atom. The van der Waals surface area contributed by atoms with E-state index in [4.69, 9.17) is 108 Å². The van der Waals surface area contributed by atoms with Crippen LogP contribution in [0.4, 0.5) is 0 Å². The van der Waals surface area contributed by atoms with E-state index in [1.165, 1.54) is 79.6 Å². The first-order chi connectivity index (χ1) is 67.3. The lowest BCUT2D eigenvalue weighted by Gasteiger charge is -2.46. The quantitative estimate of drug-likeness (QED) is 0.0736. The Kier molecular flexibility index (Phi) is 30.6. The summed E-state index contributed by atoms with van der Waals surface area (Å²) >= 11 is 47.9. The van der Waals surface area contributed by atoms with Crippen molar-refractivity contribution >= 4 is 144 Å². The molecule has 6 saturated heterocycles. The summed E-state index contributed by atoms with van der Waals surface area (Å²) < 4.78 is 53.5. The molecule has 0 aromatic carbocycles. The lowest BCUT2D eigenvalue weighted by atomic mass is 9.77. The standard InChI is InChI=1S/C18H22ClN3O2S.C18H24ClN3OS.C17H22ClN3OS.C17H20ClN3OS.C17H19ClN2O2S.C17H21ClN2OS/c1-11-8-18(16-12(3-6-24-18)7-15(19)25-16)9-14(21-11)13-10-20-22-4-2-5-23-17(13)22;1-10(2)14-9-20-17(22-14)13-8-18(7-11(3)21-13)16-12(4-5-23-18)6-15(19)24-16;1-10-7-17(16-12(4-5-22-17)6-15(18)23-16)8-13(19-10)14-9-21(3)11(2)20-14;1-10-8-17(16-12(3-6-22-17)7-14(18)23-16)9-13(21-10)15-11(2)19-4-5-20-15;1-10-7-17(16-11(3-5-22-17)6-15(18)23-16)8-13(20-10)12-9-19-4-2-14(12)21;1-10-8-17(9-14(20-10)13-3-5-19-11(13)2)16-12(4-6-21-17)7-15(18)22-16/h7,10-11,14,21H,2-6,8-9H2,1H3;6,9-11,13,21H,4-5,7-8H2,1-3H3,(H,20,22);6,9-10,13,19H,4-5,7-8H2,1-3H3;4-5,7,10,13,21H,3,6,8-9H2,1-2H3;2,4,6,9-10,13,20H,3,5,7-8H2,1H3,(H,19,21);5,7,10,14,20H,3-4,6,8-9H2,1-2H3. The third-order valence-corrected chi connectivity index (χ3v) is 39.5. The van der Waals surface area contributed by atoms with Crippen LogP contribution in [0.3, 0.4) is 0 Å². The molecule has 14 aliphatic heterocycles. The molecule has 24 nitrogen and oxygen atoms in total. The Hall–Kier alpha value is -5.67. The van der Waals surface area contributed by atoms with Gasteiger partial charge in [0.1, 0.15) is 45.3 Å². The van der Waals surface area contributed by atoms with Crippen molar-refractivity contribution in [2.75, 3.05) is 46.2 Å². The van der Waals surface area contributed by atoms with E-state index in [0.717, 1.165) is 246 Å². The van der Waals surface area contributed by atoms with Crippen LogP contribution in [0, 0.1) is 13.8 Å². The third kappa shape index (κ3) is 21.0. The molecule has 0 radical (unpaired) electrons. The van der Waals surface area contributed by atoms with Crippen molar-refractivity contribution in [3.8, 4) is 5.88 Å². The number of H-pyrrole nitrogens is 2. The molecule has 0 bridgehead atoms. The predicted molar refractivity (Wildman–Crippen MR) is 565 cm³/mol. The summed E-state index contributed by atoms with van der Waals surface area (Å²) in [6, 6.07) is 17.4. The highest BCUT2D eigenvalue weighted by molar-refractivity contribution is 7.18. The molecule has 36 heteroatoms. The highest BCUT2D eigenvalue weighted by Gasteiger charge is 2.54. The molecule has 14 aliphatic rings. The maximum absolute atomic E-state index is 12.2.